The Morgan fingerprint density at radius 3 is 2.81 bits per heavy atom. The Morgan fingerprint density at radius 2 is 2.06 bits per heavy atom. The predicted octanol–water partition coefficient (Wildman–Crippen LogP) is 3.69. The molecule has 0 bridgehead atoms. The van der Waals surface area contributed by atoms with Gasteiger partial charge in [0.15, 0.2) is 5.78 Å². The van der Waals surface area contributed by atoms with E-state index in [0.29, 0.717) is 41.8 Å². The summed E-state index contributed by atoms with van der Waals surface area (Å²) in [6.45, 7) is 6.90. The average Bonchev–Trinajstić information content (AvgIpc) is 3.42. The minimum Gasteiger partial charge on any atom is -0.380 e. The zero-order valence-electron chi connectivity index (χ0n) is 18.5. The number of carbonyl (C=O) groups is 2. The van der Waals surface area contributed by atoms with Crippen molar-refractivity contribution in [2.24, 2.45) is 5.92 Å². The first-order valence-electron chi connectivity index (χ1n) is 11.2. The number of piperidine rings is 1. The first-order valence-corrected chi connectivity index (χ1v) is 12.0. The number of carbonyl (C=O) groups excluding carboxylic acids is 2. The Labute approximate surface area is 196 Å². The summed E-state index contributed by atoms with van der Waals surface area (Å²) in [5.41, 5.74) is 2.26. The number of nitrogens with zero attached hydrogens (tertiary/aromatic N) is 2. The molecule has 0 radical (unpaired) electrons. The lowest BCUT2D eigenvalue weighted by atomic mass is 9.94. The minimum absolute atomic E-state index is 0.0980. The van der Waals surface area contributed by atoms with E-state index in [1.807, 2.05) is 24.3 Å². The second-order valence-corrected chi connectivity index (χ2v) is 9.45. The van der Waals surface area contributed by atoms with Gasteiger partial charge in [-0.05, 0) is 51.4 Å². The molecule has 0 spiro atoms. The summed E-state index contributed by atoms with van der Waals surface area (Å²) in [6, 6.07) is 8.15. The minimum atomic E-state index is -0.440. The number of halogens is 1. The van der Waals surface area contributed by atoms with Gasteiger partial charge in [0.05, 0.1) is 17.2 Å². The fraction of sp³-hybridized carbons (Fsp3) is 0.458. The van der Waals surface area contributed by atoms with Crippen molar-refractivity contribution in [2.75, 3.05) is 26.2 Å². The molecule has 2 aliphatic heterocycles. The molecule has 1 amide bonds. The van der Waals surface area contributed by atoms with Crippen LogP contribution >= 0.6 is 15.9 Å². The van der Waals surface area contributed by atoms with E-state index in [0.717, 1.165) is 23.1 Å². The highest BCUT2D eigenvalue weighted by Crippen LogP contribution is 2.29. The van der Waals surface area contributed by atoms with Gasteiger partial charge in [-0.25, -0.2) is 0 Å². The third kappa shape index (κ3) is 4.96. The lowest BCUT2D eigenvalue weighted by Crippen LogP contribution is -2.43. The molecule has 2 unspecified atom stereocenters. The van der Waals surface area contributed by atoms with Crippen molar-refractivity contribution in [3.63, 3.8) is 0 Å². The standard InChI is InChI=1S/C24H29BrN4O3/c1-15-5-3-4-11-29(15)12-10-26-24(31)20-13-18(14-27-20)23(30)21-16(2)32-28-22(21)17-6-8-19(25)9-7-17/h6-9,13,15,18,27H,3-5,10-12,14H2,1-2H3,(H,26,31). The molecule has 0 aliphatic carbocycles. The van der Waals surface area contributed by atoms with Gasteiger partial charge in [-0.2, -0.15) is 0 Å². The Morgan fingerprint density at radius 1 is 1.28 bits per heavy atom. The maximum absolute atomic E-state index is 13.3. The Hall–Kier alpha value is -2.45. The number of hydrogen-bond donors (Lipinski definition) is 2. The number of amides is 1. The van der Waals surface area contributed by atoms with Gasteiger partial charge in [0.25, 0.3) is 5.91 Å². The van der Waals surface area contributed by atoms with Crippen LogP contribution in [0.25, 0.3) is 11.3 Å². The van der Waals surface area contributed by atoms with Crippen LogP contribution < -0.4 is 10.6 Å². The van der Waals surface area contributed by atoms with Crippen LogP contribution in [0.1, 0.15) is 42.3 Å². The summed E-state index contributed by atoms with van der Waals surface area (Å²) in [5.74, 6) is -0.223. The number of hydrogen-bond acceptors (Lipinski definition) is 6. The van der Waals surface area contributed by atoms with E-state index in [-0.39, 0.29) is 11.7 Å². The molecule has 1 aromatic heterocycles. The van der Waals surface area contributed by atoms with Gasteiger partial charge < -0.3 is 15.2 Å². The van der Waals surface area contributed by atoms with Crippen LogP contribution in [0.2, 0.25) is 0 Å². The molecule has 2 aromatic rings. The Kier molecular flexibility index (Phi) is 7.10. The number of Topliss-reactive ketones (excluding diaryl/α,β-unsaturated/α-hetero) is 1. The normalized spacial score (nSPS) is 21.2. The van der Waals surface area contributed by atoms with E-state index < -0.39 is 5.92 Å². The van der Waals surface area contributed by atoms with Crippen molar-refractivity contribution in [3.05, 3.63) is 51.8 Å². The third-order valence-electron chi connectivity index (χ3n) is 6.31. The van der Waals surface area contributed by atoms with Crippen LogP contribution in [0.4, 0.5) is 0 Å². The zero-order valence-corrected chi connectivity index (χ0v) is 20.1. The molecule has 32 heavy (non-hydrogen) atoms. The van der Waals surface area contributed by atoms with Crippen molar-refractivity contribution < 1.29 is 14.1 Å². The van der Waals surface area contributed by atoms with Crippen molar-refractivity contribution in [3.8, 4) is 11.3 Å². The molecule has 2 N–H and O–H groups in total. The summed E-state index contributed by atoms with van der Waals surface area (Å²) in [5, 5.41) is 10.2. The first-order chi connectivity index (χ1) is 15.4. The van der Waals surface area contributed by atoms with E-state index in [9.17, 15) is 9.59 Å². The van der Waals surface area contributed by atoms with Gasteiger partial charge in [-0.15, -0.1) is 0 Å². The summed E-state index contributed by atoms with van der Waals surface area (Å²) >= 11 is 3.42. The second-order valence-electron chi connectivity index (χ2n) is 8.54. The molecular formula is C24H29BrN4O3. The lowest BCUT2D eigenvalue weighted by molar-refractivity contribution is -0.117. The Balaban J connectivity index is 1.40. The molecule has 0 saturated carbocycles. The predicted molar refractivity (Wildman–Crippen MR) is 126 cm³/mol. The number of benzene rings is 1. The molecule has 1 aromatic carbocycles. The SMILES string of the molecule is Cc1onc(-c2ccc(Br)cc2)c1C(=O)C1C=C(C(=O)NCCN2CCCCC2C)NC1. The summed E-state index contributed by atoms with van der Waals surface area (Å²) < 4.78 is 6.29. The molecule has 170 valence electrons. The summed E-state index contributed by atoms with van der Waals surface area (Å²) in [4.78, 5) is 28.3. The quantitative estimate of drug-likeness (QED) is 0.563. The van der Waals surface area contributed by atoms with Gasteiger partial charge >= 0.3 is 0 Å². The van der Waals surface area contributed by atoms with Crippen LogP contribution in [-0.4, -0.2) is 54.0 Å². The highest BCUT2D eigenvalue weighted by molar-refractivity contribution is 9.10. The van der Waals surface area contributed by atoms with Crippen LogP contribution in [-0.2, 0) is 4.79 Å². The van der Waals surface area contributed by atoms with Crippen molar-refractivity contribution in [1.29, 1.82) is 0 Å². The number of rotatable bonds is 7. The van der Waals surface area contributed by atoms with Crippen LogP contribution in [0, 0.1) is 12.8 Å². The molecular weight excluding hydrogens is 472 g/mol. The van der Waals surface area contributed by atoms with E-state index in [1.165, 1.54) is 19.3 Å². The topological polar surface area (TPSA) is 87.5 Å². The maximum Gasteiger partial charge on any atom is 0.267 e. The number of ketones is 1. The van der Waals surface area contributed by atoms with Crippen molar-refractivity contribution >= 4 is 27.6 Å². The monoisotopic (exact) mass is 500 g/mol. The van der Waals surface area contributed by atoms with Crippen LogP contribution in [0.3, 0.4) is 0 Å². The first kappa shape index (κ1) is 22.7. The number of aromatic nitrogens is 1. The number of likely N-dealkylation sites (tertiary alicyclic amines) is 1. The lowest BCUT2D eigenvalue weighted by Gasteiger charge is -2.33. The largest absolute Gasteiger partial charge is 0.380 e. The van der Waals surface area contributed by atoms with Crippen molar-refractivity contribution in [2.45, 2.75) is 39.2 Å². The summed E-state index contributed by atoms with van der Waals surface area (Å²) in [6.07, 6.45) is 5.44. The molecule has 4 rings (SSSR count). The molecule has 1 saturated heterocycles. The van der Waals surface area contributed by atoms with Gasteiger partial charge in [0.2, 0.25) is 0 Å². The van der Waals surface area contributed by atoms with Crippen LogP contribution in [0.15, 0.2) is 45.0 Å². The highest BCUT2D eigenvalue weighted by Gasteiger charge is 2.31. The summed E-state index contributed by atoms with van der Waals surface area (Å²) in [7, 11) is 0. The maximum atomic E-state index is 13.3. The van der Waals surface area contributed by atoms with Crippen molar-refractivity contribution in [1.82, 2.24) is 20.7 Å². The fourth-order valence-electron chi connectivity index (χ4n) is 4.41. The van der Waals surface area contributed by atoms with E-state index >= 15 is 0 Å². The number of aryl methyl sites for hydroxylation is 1. The highest BCUT2D eigenvalue weighted by atomic mass is 79.9. The van der Waals surface area contributed by atoms with Gasteiger partial charge in [0.1, 0.15) is 11.5 Å². The average molecular weight is 501 g/mol. The molecule has 8 heteroatoms. The molecule has 3 heterocycles. The molecule has 7 nitrogen and oxygen atoms in total. The van der Waals surface area contributed by atoms with Crippen LogP contribution in [0.5, 0.6) is 0 Å². The molecule has 2 aliphatic rings. The molecule has 2 atom stereocenters. The Bertz CT molecular complexity index is 1010. The fourth-order valence-corrected chi connectivity index (χ4v) is 4.68. The van der Waals surface area contributed by atoms with Gasteiger partial charge in [-0.1, -0.05) is 39.6 Å². The number of nitrogens with one attached hydrogen (secondary N) is 2. The van der Waals surface area contributed by atoms with Gasteiger partial charge in [-0.3, -0.25) is 14.5 Å². The third-order valence-corrected chi connectivity index (χ3v) is 6.84. The van der Waals surface area contributed by atoms with E-state index in [2.05, 4.69) is 43.5 Å². The zero-order chi connectivity index (χ0) is 22.7. The van der Waals surface area contributed by atoms with E-state index in [4.69, 9.17) is 4.52 Å². The smallest absolute Gasteiger partial charge is 0.267 e. The molecule has 1 fully saturated rings. The van der Waals surface area contributed by atoms with E-state index in [1.54, 1.807) is 13.0 Å². The second kappa shape index (κ2) is 10.0. The van der Waals surface area contributed by atoms with Gasteiger partial charge in [0, 0.05) is 35.7 Å².